The van der Waals surface area contributed by atoms with Crippen molar-refractivity contribution in [2.75, 3.05) is 0 Å². The van der Waals surface area contributed by atoms with Gasteiger partial charge in [-0.2, -0.15) is 0 Å². The van der Waals surface area contributed by atoms with Gasteiger partial charge in [0.05, 0.1) is 0 Å². The monoisotopic (exact) mass is 754 g/mol. The number of fused-ring (bicyclic) bond motifs is 4. The van der Waals surface area contributed by atoms with Crippen molar-refractivity contribution in [2.45, 2.75) is 39.8 Å². The first-order chi connectivity index (χ1) is 22.0. The Morgan fingerprint density at radius 2 is 0.833 bits per heavy atom. The van der Waals surface area contributed by atoms with E-state index < -0.39 is 8.07 Å². The molecule has 0 bridgehead atoms. The van der Waals surface area contributed by atoms with E-state index in [2.05, 4.69) is 160 Å². The van der Waals surface area contributed by atoms with Crippen LogP contribution in [0.25, 0.3) is 65.3 Å². The fourth-order valence-corrected chi connectivity index (χ4v) is 11.8. The topological polar surface area (TPSA) is 0 Å². The Morgan fingerprint density at radius 1 is 0.479 bits per heavy atom. The predicted molar refractivity (Wildman–Crippen MR) is 200 cm³/mol. The van der Waals surface area contributed by atoms with E-state index in [0.29, 0.717) is 0 Å². The van der Waals surface area contributed by atoms with Crippen LogP contribution in [0.4, 0.5) is 0 Å². The molecule has 8 aromatic rings. The van der Waals surface area contributed by atoms with Crippen molar-refractivity contribution in [3.05, 3.63) is 145 Å². The van der Waals surface area contributed by atoms with E-state index in [9.17, 15) is 0 Å². The summed E-state index contributed by atoms with van der Waals surface area (Å²) in [6, 6.07) is 50.7. The molecular formula is C44H38Cl2SiZr. The minimum atomic E-state index is -2.36. The zero-order valence-corrected chi connectivity index (χ0v) is 32.8. The molecule has 0 atom stereocenters. The van der Waals surface area contributed by atoms with Crippen molar-refractivity contribution < 1.29 is 51.0 Å². The van der Waals surface area contributed by atoms with Crippen LogP contribution in [0.3, 0.4) is 0 Å². The molecular weight excluding hydrogens is 719 g/mol. The Morgan fingerprint density at radius 3 is 1.23 bits per heavy atom. The largest absolute Gasteiger partial charge is 4.00 e. The van der Waals surface area contributed by atoms with E-state index in [4.69, 9.17) is 0 Å². The first kappa shape index (κ1) is 36.0. The third-order valence-electron chi connectivity index (χ3n) is 10.1. The second kappa shape index (κ2) is 14.3. The number of halogens is 2. The van der Waals surface area contributed by atoms with Gasteiger partial charge in [-0.05, 0) is 34.4 Å². The summed E-state index contributed by atoms with van der Waals surface area (Å²) in [5, 5.41) is 13.9. The summed E-state index contributed by atoms with van der Waals surface area (Å²) < 4.78 is 0. The maximum Gasteiger partial charge on any atom is 4.00 e. The van der Waals surface area contributed by atoms with Crippen molar-refractivity contribution in [1.29, 1.82) is 0 Å². The Labute approximate surface area is 316 Å². The minimum absolute atomic E-state index is 0. The third kappa shape index (κ3) is 5.86. The number of hydrogen-bond donors (Lipinski definition) is 0. The van der Waals surface area contributed by atoms with Gasteiger partial charge < -0.3 is 24.8 Å². The summed E-state index contributed by atoms with van der Waals surface area (Å²) in [5.41, 5.74) is 8.33. The molecule has 0 spiro atoms. The number of hydrogen-bond acceptors (Lipinski definition) is 0. The van der Waals surface area contributed by atoms with Gasteiger partial charge in [0.1, 0.15) is 0 Å². The van der Waals surface area contributed by atoms with E-state index >= 15 is 0 Å². The fraction of sp³-hybridized carbons (Fsp3) is 0.136. The van der Waals surface area contributed by atoms with Crippen molar-refractivity contribution in [3.8, 4) is 22.3 Å². The molecule has 0 nitrogen and oxygen atoms in total. The first-order valence-corrected chi connectivity index (χ1v) is 19.4. The Kier molecular flexibility index (Phi) is 10.7. The molecule has 0 aliphatic carbocycles. The van der Waals surface area contributed by atoms with Crippen LogP contribution in [0.15, 0.2) is 133 Å². The summed E-state index contributed by atoms with van der Waals surface area (Å²) >= 11 is 0. The van der Waals surface area contributed by atoms with Crippen LogP contribution >= 0.6 is 0 Å². The van der Waals surface area contributed by atoms with Gasteiger partial charge in [0, 0.05) is 8.07 Å². The van der Waals surface area contributed by atoms with Crippen LogP contribution < -0.4 is 35.2 Å². The second-order valence-electron chi connectivity index (χ2n) is 13.1. The molecule has 0 saturated carbocycles. The molecule has 0 aliphatic rings. The maximum atomic E-state index is 2.60. The molecule has 0 aliphatic heterocycles. The van der Waals surface area contributed by atoms with Crippen molar-refractivity contribution in [3.63, 3.8) is 0 Å². The van der Waals surface area contributed by atoms with Gasteiger partial charge in [0.25, 0.3) is 0 Å². The molecule has 0 aromatic heterocycles. The van der Waals surface area contributed by atoms with Crippen molar-refractivity contribution in [2.24, 2.45) is 0 Å². The van der Waals surface area contributed by atoms with E-state index in [-0.39, 0.29) is 51.0 Å². The summed E-state index contributed by atoms with van der Waals surface area (Å²) in [7, 11) is -2.36. The molecule has 0 unspecified atom stereocenters. The van der Waals surface area contributed by atoms with Gasteiger partial charge in [0.15, 0.2) is 0 Å². The molecule has 0 amide bonds. The van der Waals surface area contributed by atoms with Crippen LogP contribution in [0.5, 0.6) is 0 Å². The van der Waals surface area contributed by atoms with Crippen molar-refractivity contribution in [1.82, 2.24) is 0 Å². The first-order valence-electron chi connectivity index (χ1n) is 16.4. The molecule has 0 saturated heterocycles. The fourth-order valence-electron chi connectivity index (χ4n) is 7.94. The zero-order valence-electron chi connectivity index (χ0n) is 27.9. The summed E-state index contributed by atoms with van der Waals surface area (Å²) in [5.74, 6) is 0. The van der Waals surface area contributed by atoms with Crippen LogP contribution in [0.2, 0.25) is 13.1 Å². The van der Waals surface area contributed by atoms with E-state index in [1.54, 1.807) is 10.4 Å². The summed E-state index contributed by atoms with van der Waals surface area (Å²) in [6.07, 6.45) is 2.04. The molecule has 0 radical (unpaired) electrons. The van der Waals surface area contributed by atoms with E-state index in [0.717, 1.165) is 12.8 Å². The van der Waals surface area contributed by atoms with Gasteiger partial charge in [-0.25, -0.2) is 0 Å². The molecule has 4 heteroatoms. The normalized spacial score (nSPS) is 11.4. The molecule has 0 fully saturated rings. The third-order valence-corrected chi connectivity index (χ3v) is 13.7. The van der Waals surface area contributed by atoms with Crippen LogP contribution in [0, 0.1) is 0 Å². The predicted octanol–water partition coefficient (Wildman–Crippen LogP) is 5.02. The number of aryl methyl sites for hydroxylation is 2. The number of benzene rings is 6. The Hall–Kier alpha value is -3.26. The molecule has 8 rings (SSSR count). The standard InChI is InChI=1S/C44H38Si.2ClH.Zr/c1-5-29-23-31-15-7-11-19-35(31)39(25-29)41-27-33-17-9-13-21-37(33)43(41)45(3,4)44-38-22-14-10-18-34(38)28-42(44)40-26-30(6-2)24-32-16-8-12-20-36(32)40;;;/h7-28H,5-6H2,1-4H3;2*1H;/q-2;;;+4/p-2. The SMILES string of the molecule is CCc1cc(-c2[cH-]c3ccccc3c2[Si](C)(C)c2c(-c3cc(CC)cc4ccccc34)[cH-]c3ccccc23)c2ccccc2c1.[Cl-].[Cl-].[Zr+4]. The van der Waals surface area contributed by atoms with Gasteiger partial charge in [-0.15, -0.1) is 67.3 Å². The van der Waals surface area contributed by atoms with E-state index in [1.165, 1.54) is 76.5 Å². The van der Waals surface area contributed by atoms with Gasteiger partial charge in [0.2, 0.25) is 0 Å². The second-order valence-corrected chi connectivity index (χ2v) is 17.4. The van der Waals surface area contributed by atoms with Crippen LogP contribution in [0.1, 0.15) is 25.0 Å². The quantitative estimate of drug-likeness (QED) is 0.165. The Balaban J connectivity index is 0.00000150. The maximum absolute atomic E-state index is 2.60. The van der Waals surface area contributed by atoms with Crippen LogP contribution in [-0.4, -0.2) is 8.07 Å². The summed E-state index contributed by atoms with van der Waals surface area (Å²) in [6.45, 7) is 9.74. The molecule has 8 aromatic carbocycles. The zero-order chi connectivity index (χ0) is 30.7. The van der Waals surface area contributed by atoms with E-state index in [1.807, 2.05) is 0 Å². The van der Waals surface area contributed by atoms with Gasteiger partial charge in [-0.3, -0.25) is 0 Å². The molecule has 48 heavy (non-hydrogen) atoms. The van der Waals surface area contributed by atoms with Gasteiger partial charge in [-0.1, -0.05) is 158 Å². The van der Waals surface area contributed by atoms with Crippen LogP contribution in [-0.2, 0) is 39.0 Å². The van der Waals surface area contributed by atoms with Gasteiger partial charge >= 0.3 is 26.2 Å². The smallest absolute Gasteiger partial charge is 1.00 e. The average molecular weight is 757 g/mol. The Bertz CT molecular complexity index is 2230. The molecule has 0 heterocycles. The van der Waals surface area contributed by atoms with Crippen molar-refractivity contribution >= 4 is 61.5 Å². The average Bonchev–Trinajstić information content (AvgIpc) is 3.67. The summed E-state index contributed by atoms with van der Waals surface area (Å²) in [4.78, 5) is 0. The molecule has 236 valence electrons. The molecule has 0 N–H and O–H groups in total. The minimum Gasteiger partial charge on any atom is -1.00 e. The number of rotatable bonds is 6.